The monoisotopic (exact) mass is 370 g/mol. The van der Waals surface area contributed by atoms with Crippen molar-refractivity contribution in [1.82, 2.24) is 0 Å². The van der Waals surface area contributed by atoms with E-state index in [9.17, 15) is 13.2 Å². The van der Waals surface area contributed by atoms with E-state index in [0.29, 0.717) is 17.9 Å². The lowest BCUT2D eigenvalue weighted by atomic mass is 10.2. The Balaban J connectivity index is 1.59. The average molecular weight is 370 g/mol. The fourth-order valence-electron chi connectivity index (χ4n) is 2.48. The molecule has 0 aliphatic heterocycles. The van der Waals surface area contributed by atoms with Crippen molar-refractivity contribution in [3.8, 4) is 11.3 Å². The molecule has 26 heavy (non-hydrogen) atoms. The van der Waals surface area contributed by atoms with E-state index in [-0.39, 0.29) is 17.2 Å². The predicted molar refractivity (Wildman–Crippen MR) is 98.9 cm³/mol. The summed E-state index contributed by atoms with van der Waals surface area (Å²) < 4.78 is 28.5. The summed E-state index contributed by atoms with van der Waals surface area (Å²) >= 11 is 0. The molecule has 0 saturated carbocycles. The Labute approximate surface area is 151 Å². The molecule has 3 N–H and O–H groups in total. The molecule has 7 heteroatoms. The van der Waals surface area contributed by atoms with Gasteiger partial charge in [0.1, 0.15) is 11.5 Å². The van der Waals surface area contributed by atoms with Crippen molar-refractivity contribution in [1.29, 1.82) is 0 Å². The summed E-state index contributed by atoms with van der Waals surface area (Å²) in [6, 6.07) is 19.2. The molecular formula is C19H18N2O4S. The van der Waals surface area contributed by atoms with Gasteiger partial charge in [-0.15, -0.1) is 0 Å². The van der Waals surface area contributed by atoms with Gasteiger partial charge in [0.2, 0.25) is 15.9 Å². The SMILES string of the molecule is NS(=O)(=O)c1cccc(NC(=O)CCc2ccc(-c3ccccc3)o2)c1. The van der Waals surface area contributed by atoms with Crippen LogP contribution in [-0.4, -0.2) is 14.3 Å². The molecule has 0 aliphatic rings. The summed E-state index contributed by atoms with van der Waals surface area (Å²) in [5.74, 6) is 1.22. The molecular weight excluding hydrogens is 352 g/mol. The molecule has 1 amide bonds. The minimum absolute atomic E-state index is 0.0474. The number of sulfonamides is 1. The third kappa shape index (κ3) is 4.59. The van der Waals surface area contributed by atoms with Crippen molar-refractivity contribution in [3.05, 3.63) is 72.5 Å². The average Bonchev–Trinajstić information content (AvgIpc) is 3.09. The topological polar surface area (TPSA) is 102 Å². The van der Waals surface area contributed by atoms with Gasteiger partial charge >= 0.3 is 0 Å². The molecule has 3 rings (SSSR count). The van der Waals surface area contributed by atoms with E-state index in [1.165, 1.54) is 18.2 Å². The lowest BCUT2D eigenvalue weighted by Crippen LogP contribution is -2.15. The van der Waals surface area contributed by atoms with Gasteiger partial charge in [0.15, 0.2) is 0 Å². The van der Waals surface area contributed by atoms with E-state index in [0.717, 1.165) is 11.3 Å². The standard InChI is InChI=1S/C19H18N2O4S/c20-26(23,24)17-8-4-7-15(13-17)21-19(22)12-10-16-9-11-18(25-16)14-5-2-1-3-6-14/h1-9,11,13H,10,12H2,(H,21,22)(H2,20,23,24). The van der Waals surface area contributed by atoms with Crippen molar-refractivity contribution in [2.75, 3.05) is 5.32 Å². The number of hydrogen-bond donors (Lipinski definition) is 2. The zero-order valence-corrected chi connectivity index (χ0v) is 14.7. The Morgan fingerprint density at radius 2 is 1.77 bits per heavy atom. The van der Waals surface area contributed by atoms with Crippen molar-refractivity contribution in [2.24, 2.45) is 5.14 Å². The summed E-state index contributed by atoms with van der Waals surface area (Å²) in [6.45, 7) is 0. The first kappa shape index (κ1) is 17.9. The highest BCUT2D eigenvalue weighted by molar-refractivity contribution is 7.89. The first-order valence-electron chi connectivity index (χ1n) is 7.99. The van der Waals surface area contributed by atoms with Crippen molar-refractivity contribution in [3.63, 3.8) is 0 Å². The number of amides is 1. The molecule has 0 spiro atoms. The zero-order valence-electron chi connectivity index (χ0n) is 13.9. The van der Waals surface area contributed by atoms with Crippen LogP contribution in [0.5, 0.6) is 0 Å². The number of carbonyl (C=O) groups excluding carboxylic acids is 1. The molecule has 0 bridgehead atoms. The molecule has 3 aromatic rings. The highest BCUT2D eigenvalue weighted by Crippen LogP contribution is 2.22. The van der Waals surface area contributed by atoms with Crippen LogP contribution in [0.1, 0.15) is 12.2 Å². The highest BCUT2D eigenvalue weighted by atomic mass is 32.2. The number of rotatable bonds is 6. The summed E-state index contributed by atoms with van der Waals surface area (Å²) in [5, 5.41) is 7.75. The van der Waals surface area contributed by atoms with Crippen LogP contribution in [0.3, 0.4) is 0 Å². The molecule has 0 radical (unpaired) electrons. The lowest BCUT2D eigenvalue weighted by Gasteiger charge is -2.06. The number of nitrogens with one attached hydrogen (secondary N) is 1. The first-order chi connectivity index (χ1) is 12.4. The second kappa shape index (κ2) is 7.55. The molecule has 0 saturated heterocycles. The maximum Gasteiger partial charge on any atom is 0.238 e. The third-order valence-corrected chi connectivity index (χ3v) is 4.68. The van der Waals surface area contributed by atoms with Gasteiger partial charge in [-0.25, -0.2) is 13.6 Å². The third-order valence-electron chi connectivity index (χ3n) is 3.76. The van der Waals surface area contributed by atoms with E-state index in [4.69, 9.17) is 9.56 Å². The molecule has 134 valence electrons. The van der Waals surface area contributed by atoms with Gasteiger partial charge in [-0.05, 0) is 30.3 Å². The number of carbonyl (C=O) groups is 1. The second-order valence-electron chi connectivity index (χ2n) is 5.75. The number of furan rings is 1. The largest absolute Gasteiger partial charge is 0.461 e. The smallest absolute Gasteiger partial charge is 0.238 e. The number of aryl methyl sites for hydroxylation is 1. The second-order valence-corrected chi connectivity index (χ2v) is 7.31. The number of nitrogens with two attached hydrogens (primary N) is 1. The molecule has 0 atom stereocenters. The van der Waals surface area contributed by atoms with Gasteiger partial charge in [-0.3, -0.25) is 4.79 Å². The Morgan fingerprint density at radius 1 is 1.00 bits per heavy atom. The van der Waals surface area contributed by atoms with Gasteiger partial charge in [-0.1, -0.05) is 36.4 Å². The van der Waals surface area contributed by atoms with Crippen molar-refractivity contribution >= 4 is 21.6 Å². The molecule has 2 aromatic carbocycles. The Bertz CT molecular complexity index is 1010. The normalized spacial score (nSPS) is 11.3. The number of hydrogen-bond acceptors (Lipinski definition) is 4. The van der Waals surface area contributed by atoms with Crippen LogP contribution in [0, 0.1) is 0 Å². The van der Waals surface area contributed by atoms with E-state index in [1.807, 2.05) is 42.5 Å². The maximum absolute atomic E-state index is 12.1. The van der Waals surface area contributed by atoms with E-state index < -0.39 is 10.0 Å². The predicted octanol–water partition coefficient (Wildman–Crippen LogP) is 3.17. The van der Waals surface area contributed by atoms with Crippen LogP contribution in [0.4, 0.5) is 5.69 Å². The summed E-state index contributed by atoms with van der Waals surface area (Å²) in [4.78, 5) is 12.0. The maximum atomic E-state index is 12.1. The van der Waals surface area contributed by atoms with E-state index in [2.05, 4.69) is 5.32 Å². The molecule has 6 nitrogen and oxygen atoms in total. The lowest BCUT2D eigenvalue weighted by molar-refractivity contribution is -0.116. The molecule has 0 fully saturated rings. The van der Waals surface area contributed by atoms with Gasteiger partial charge in [0.25, 0.3) is 0 Å². The number of anilines is 1. The van der Waals surface area contributed by atoms with Gasteiger partial charge < -0.3 is 9.73 Å². The molecule has 1 aromatic heterocycles. The van der Waals surface area contributed by atoms with Crippen LogP contribution in [0.2, 0.25) is 0 Å². The Kier molecular flexibility index (Phi) is 5.20. The summed E-state index contributed by atoms with van der Waals surface area (Å²) in [7, 11) is -3.81. The van der Waals surface area contributed by atoms with Crippen LogP contribution < -0.4 is 10.5 Å². The van der Waals surface area contributed by atoms with Crippen LogP contribution >= 0.6 is 0 Å². The van der Waals surface area contributed by atoms with Crippen LogP contribution in [0.15, 0.2) is 76.0 Å². The first-order valence-corrected chi connectivity index (χ1v) is 9.53. The van der Waals surface area contributed by atoms with Crippen molar-refractivity contribution in [2.45, 2.75) is 17.7 Å². The fraction of sp³-hybridized carbons (Fsp3) is 0.105. The zero-order chi connectivity index (χ0) is 18.6. The fourth-order valence-corrected chi connectivity index (χ4v) is 3.04. The van der Waals surface area contributed by atoms with E-state index >= 15 is 0 Å². The van der Waals surface area contributed by atoms with Crippen LogP contribution in [-0.2, 0) is 21.2 Å². The summed E-state index contributed by atoms with van der Waals surface area (Å²) in [6.07, 6.45) is 0.648. The minimum Gasteiger partial charge on any atom is -0.461 e. The quantitative estimate of drug-likeness (QED) is 0.695. The summed E-state index contributed by atoms with van der Waals surface area (Å²) in [5.41, 5.74) is 1.36. The molecule has 1 heterocycles. The molecule has 0 aliphatic carbocycles. The Morgan fingerprint density at radius 3 is 2.50 bits per heavy atom. The van der Waals surface area contributed by atoms with Gasteiger partial charge in [0, 0.05) is 24.1 Å². The highest BCUT2D eigenvalue weighted by Gasteiger charge is 2.11. The van der Waals surface area contributed by atoms with Crippen molar-refractivity contribution < 1.29 is 17.6 Å². The Hall–Kier alpha value is -2.90. The van der Waals surface area contributed by atoms with E-state index in [1.54, 1.807) is 6.07 Å². The molecule has 0 unspecified atom stereocenters. The number of benzene rings is 2. The van der Waals surface area contributed by atoms with Gasteiger partial charge in [-0.2, -0.15) is 0 Å². The van der Waals surface area contributed by atoms with Crippen LogP contribution in [0.25, 0.3) is 11.3 Å². The van der Waals surface area contributed by atoms with Gasteiger partial charge in [0.05, 0.1) is 4.90 Å². The number of primary sulfonamides is 1. The minimum atomic E-state index is -3.81.